The van der Waals surface area contributed by atoms with Crippen LogP contribution in [0.25, 0.3) is 0 Å². The van der Waals surface area contributed by atoms with Gasteiger partial charge in [0.1, 0.15) is 0 Å². The van der Waals surface area contributed by atoms with Crippen molar-refractivity contribution in [3.63, 3.8) is 0 Å². The van der Waals surface area contributed by atoms with Crippen LogP contribution in [0.1, 0.15) is 19.8 Å². The Labute approximate surface area is 83.1 Å². The number of hydrogen-bond donors (Lipinski definition) is 1. The van der Waals surface area contributed by atoms with Crippen molar-refractivity contribution >= 4 is 15.9 Å². The van der Waals surface area contributed by atoms with Gasteiger partial charge in [0.2, 0.25) is 0 Å². The van der Waals surface area contributed by atoms with Crippen LogP contribution in [0, 0.1) is 5.92 Å². The number of aliphatic hydroxyl groups excluding tert-OH is 1. The van der Waals surface area contributed by atoms with E-state index in [0.29, 0.717) is 5.92 Å². The minimum Gasteiger partial charge on any atom is -0.392 e. The zero-order chi connectivity index (χ0) is 9.14. The fourth-order valence-corrected chi connectivity index (χ4v) is 2.18. The second-order valence-electron chi connectivity index (χ2n) is 3.81. The molecule has 0 bridgehead atoms. The summed E-state index contributed by atoms with van der Waals surface area (Å²) in [5.41, 5.74) is 0. The molecule has 0 amide bonds. The number of alkyl halides is 1. The number of rotatable bonds is 2. The fraction of sp³-hybridized carbons (Fsp3) is 1.00. The zero-order valence-corrected chi connectivity index (χ0v) is 9.42. The zero-order valence-electron chi connectivity index (χ0n) is 7.83. The molecular weight excluding hydrogens is 218 g/mol. The fourth-order valence-electron chi connectivity index (χ4n) is 1.75. The van der Waals surface area contributed by atoms with Crippen LogP contribution in [0.2, 0.25) is 0 Å². The Balaban J connectivity index is 2.34. The van der Waals surface area contributed by atoms with Crippen LogP contribution in [-0.4, -0.2) is 41.1 Å². The Hall–Kier alpha value is 0.400. The van der Waals surface area contributed by atoms with Crippen molar-refractivity contribution in [3.8, 4) is 0 Å². The van der Waals surface area contributed by atoms with Crippen molar-refractivity contribution in [2.45, 2.75) is 30.7 Å². The van der Waals surface area contributed by atoms with E-state index in [1.165, 1.54) is 0 Å². The smallest absolute Gasteiger partial charge is 0.0691 e. The molecule has 1 fully saturated rings. The van der Waals surface area contributed by atoms with Gasteiger partial charge in [0.05, 0.1) is 6.10 Å². The SMILES string of the molecule is CC(Br)C(O)C1CCN(C)CC1. The highest BCUT2D eigenvalue weighted by molar-refractivity contribution is 9.09. The first-order valence-corrected chi connectivity index (χ1v) is 5.53. The van der Waals surface area contributed by atoms with Gasteiger partial charge in [-0.05, 0) is 38.9 Å². The van der Waals surface area contributed by atoms with Crippen LogP contribution in [0.4, 0.5) is 0 Å². The number of likely N-dealkylation sites (tertiary alicyclic amines) is 1. The van der Waals surface area contributed by atoms with E-state index < -0.39 is 0 Å². The molecule has 1 aliphatic rings. The van der Waals surface area contributed by atoms with Crippen molar-refractivity contribution in [1.29, 1.82) is 0 Å². The van der Waals surface area contributed by atoms with Crippen LogP contribution >= 0.6 is 15.9 Å². The lowest BCUT2D eigenvalue weighted by atomic mass is 9.90. The minimum absolute atomic E-state index is 0.168. The van der Waals surface area contributed by atoms with Gasteiger partial charge in [-0.1, -0.05) is 22.9 Å². The summed E-state index contributed by atoms with van der Waals surface area (Å²) < 4.78 is 0. The van der Waals surface area contributed by atoms with E-state index in [2.05, 4.69) is 27.9 Å². The van der Waals surface area contributed by atoms with Crippen molar-refractivity contribution in [2.24, 2.45) is 5.92 Å². The lowest BCUT2D eigenvalue weighted by Crippen LogP contribution is -2.38. The summed E-state index contributed by atoms with van der Waals surface area (Å²) in [6.07, 6.45) is 2.10. The van der Waals surface area contributed by atoms with Gasteiger partial charge in [0.25, 0.3) is 0 Å². The van der Waals surface area contributed by atoms with Crippen LogP contribution in [-0.2, 0) is 0 Å². The lowest BCUT2D eigenvalue weighted by Gasteiger charge is -2.32. The maximum absolute atomic E-state index is 9.77. The Morgan fingerprint density at radius 1 is 1.42 bits per heavy atom. The molecule has 2 atom stereocenters. The van der Waals surface area contributed by atoms with Crippen molar-refractivity contribution in [2.75, 3.05) is 20.1 Å². The summed E-state index contributed by atoms with van der Waals surface area (Å²) in [7, 11) is 2.14. The summed E-state index contributed by atoms with van der Waals surface area (Å²) >= 11 is 3.43. The summed E-state index contributed by atoms with van der Waals surface area (Å²) in [4.78, 5) is 2.55. The molecule has 1 N–H and O–H groups in total. The molecule has 0 aromatic carbocycles. The van der Waals surface area contributed by atoms with Gasteiger partial charge in [-0.3, -0.25) is 0 Å². The third-order valence-electron chi connectivity index (χ3n) is 2.72. The molecule has 0 radical (unpaired) electrons. The average molecular weight is 236 g/mol. The molecule has 0 aromatic rings. The Kier molecular flexibility index (Phi) is 4.00. The summed E-state index contributed by atoms with van der Waals surface area (Å²) in [5, 5.41) is 9.77. The van der Waals surface area contributed by atoms with E-state index >= 15 is 0 Å². The first-order chi connectivity index (χ1) is 5.61. The summed E-state index contributed by atoms with van der Waals surface area (Å²) in [5.74, 6) is 0.496. The third-order valence-corrected chi connectivity index (χ3v) is 3.26. The molecule has 12 heavy (non-hydrogen) atoms. The molecular formula is C9H18BrNO. The topological polar surface area (TPSA) is 23.5 Å². The highest BCUT2D eigenvalue weighted by Gasteiger charge is 2.26. The third kappa shape index (κ3) is 2.71. The van der Waals surface area contributed by atoms with Gasteiger partial charge in [0.15, 0.2) is 0 Å². The van der Waals surface area contributed by atoms with E-state index in [-0.39, 0.29) is 10.9 Å². The van der Waals surface area contributed by atoms with E-state index in [0.717, 1.165) is 25.9 Å². The predicted molar refractivity (Wildman–Crippen MR) is 54.6 cm³/mol. The van der Waals surface area contributed by atoms with Gasteiger partial charge in [0, 0.05) is 4.83 Å². The molecule has 1 saturated heterocycles. The summed E-state index contributed by atoms with van der Waals surface area (Å²) in [6.45, 7) is 4.27. The summed E-state index contributed by atoms with van der Waals surface area (Å²) in [6, 6.07) is 0. The van der Waals surface area contributed by atoms with Crippen LogP contribution < -0.4 is 0 Å². The van der Waals surface area contributed by atoms with Crippen LogP contribution in [0.15, 0.2) is 0 Å². The minimum atomic E-state index is -0.168. The van der Waals surface area contributed by atoms with Gasteiger partial charge in [-0.15, -0.1) is 0 Å². The predicted octanol–water partition coefficient (Wildman–Crippen LogP) is 1.47. The lowest BCUT2D eigenvalue weighted by molar-refractivity contribution is 0.0687. The van der Waals surface area contributed by atoms with Crippen LogP contribution in [0.5, 0.6) is 0 Å². The molecule has 3 heteroatoms. The van der Waals surface area contributed by atoms with Crippen LogP contribution in [0.3, 0.4) is 0 Å². The van der Waals surface area contributed by atoms with Gasteiger partial charge in [-0.2, -0.15) is 0 Å². The Bertz CT molecular complexity index is 132. The molecule has 0 aliphatic carbocycles. The first-order valence-electron chi connectivity index (χ1n) is 4.62. The van der Waals surface area contributed by atoms with Gasteiger partial charge >= 0.3 is 0 Å². The number of aliphatic hydroxyl groups is 1. The highest BCUT2D eigenvalue weighted by Crippen LogP contribution is 2.24. The number of halogens is 1. The second kappa shape index (κ2) is 4.58. The van der Waals surface area contributed by atoms with Crippen molar-refractivity contribution in [3.05, 3.63) is 0 Å². The van der Waals surface area contributed by atoms with Gasteiger partial charge in [-0.25, -0.2) is 0 Å². The normalized spacial score (nSPS) is 27.0. The molecule has 0 saturated carbocycles. The molecule has 2 nitrogen and oxygen atoms in total. The maximum Gasteiger partial charge on any atom is 0.0691 e. The molecule has 1 rings (SSSR count). The van der Waals surface area contributed by atoms with Crippen molar-refractivity contribution < 1.29 is 5.11 Å². The molecule has 0 aromatic heterocycles. The quantitative estimate of drug-likeness (QED) is 0.734. The van der Waals surface area contributed by atoms with E-state index in [4.69, 9.17) is 0 Å². The maximum atomic E-state index is 9.77. The van der Waals surface area contributed by atoms with E-state index in [9.17, 15) is 5.11 Å². The molecule has 1 aliphatic heterocycles. The number of hydrogen-bond acceptors (Lipinski definition) is 2. The second-order valence-corrected chi connectivity index (χ2v) is 5.25. The average Bonchev–Trinajstić information content (AvgIpc) is 2.04. The largest absolute Gasteiger partial charge is 0.392 e. The number of nitrogens with zero attached hydrogens (tertiary/aromatic N) is 1. The number of piperidine rings is 1. The van der Waals surface area contributed by atoms with E-state index in [1.54, 1.807) is 0 Å². The first kappa shape index (κ1) is 10.5. The van der Waals surface area contributed by atoms with Crippen molar-refractivity contribution in [1.82, 2.24) is 4.90 Å². The molecule has 0 spiro atoms. The van der Waals surface area contributed by atoms with E-state index in [1.807, 2.05) is 6.92 Å². The van der Waals surface area contributed by atoms with Gasteiger partial charge < -0.3 is 10.0 Å². The molecule has 72 valence electrons. The highest BCUT2D eigenvalue weighted by atomic mass is 79.9. The molecule has 1 heterocycles. The Morgan fingerprint density at radius 3 is 2.33 bits per heavy atom. The standard InChI is InChI=1S/C9H18BrNO/c1-7(10)9(12)8-3-5-11(2)6-4-8/h7-9,12H,3-6H2,1-2H3. The monoisotopic (exact) mass is 235 g/mol. The Morgan fingerprint density at radius 2 is 1.92 bits per heavy atom. The molecule has 2 unspecified atom stereocenters.